The molecule has 0 aromatic rings. The SMILES string of the molecule is O=C(O)C1CCN(C(=O)CNC2CCS(=O)(=O)CC2)CC1. The number of rotatable bonds is 4. The van der Waals surface area contributed by atoms with E-state index in [0.29, 0.717) is 38.8 Å². The average Bonchev–Trinajstić information content (AvgIpc) is 2.46. The van der Waals surface area contributed by atoms with Crippen molar-refractivity contribution in [3.63, 3.8) is 0 Å². The molecule has 2 fully saturated rings. The van der Waals surface area contributed by atoms with Gasteiger partial charge in [0, 0.05) is 19.1 Å². The summed E-state index contributed by atoms with van der Waals surface area (Å²) in [6.45, 7) is 1.16. The van der Waals surface area contributed by atoms with E-state index in [1.165, 1.54) is 0 Å². The molecule has 21 heavy (non-hydrogen) atoms. The molecule has 0 aromatic carbocycles. The van der Waals surface area contributed by atoms with Crippen LogP contribution in [-0.4, -0.2) is 67.5 Å². The van der Waals surface area contributed by atoms with Gasteiger partial charge < -0.3 is 15.3 Å². The van der Waals surface area contributed by atoms with Crippen LogP contribution in [0.25, 0.3) is 0 Å². The zero-order valence-electron chi connectivity index (χ0n) is 12.0. The Morgan fingerprint density at radius 1 is 1.10 bits per heavy atom. The van der Waals surface area contributed by atoms with Gasteiger partial charge in [0.15, 0.2) is 0 Å². The predicted molar refractivity (Wildman–Crippen MR) is 76.6 cm³/mol. The van der Waals surface area contributed by atoms with Gasteiger partial charge in [-0.3, -0.25) is 9.59 Å². The van der Waals surface area contributed by atoms with Gasteiger partial charge in [0.25, 0.3) is 0 Å². The van der Waals surface area contributed by atoms with E-state index in [1.54, 1.807) is 4.90 Å². The van der Waals surface area contributed by atoms with Crippen molar-refractivity contribution in [3.05, 3.63) is 0 Å². The normalized spacial score (nSPS) is 23.9. The summed E-state index contributed by atoms with van der Waals surface area (Å²) in [6, 6.07) is 0.0778. The van der Waals surface area contributed by atoms with E-state index < -0.39 is 15.8 Å². The van der Waals surface area contributed by atoms with E-state index in [-0.39, 0.29) is 35.9 Å². The minimum absolute atomic E-state index is 0.0349. The van der Waals surface area contributed by atoms with E-state index in [9.17, 15) is 18.0 Å². The highest BCUT2D eigenvalue weighted by Crippen LogP contribution is 2.17. The lowest BCUT2D eigenvalue weighted by Gasteiger charge is -2.31. The Labute approximate surface area is 124 Å². The Morgan fingerprint density at radius 2 is 1.67 bits per heavy atom. The second-order valence-electron chi connectivity index (χ2n) is 5.80. The smallest absolute Gasteiger partial charge is 0.306 e. The summed E-state index contributed by atoms with van der Waals surface area (Å²) < 4.78 is 22.6. The number of carboxylic acid groups (broad SMARTS) is 1. The Balaban J connectivity index is 1.70. The number of nitrogens with zero attached hydrogens (tertiary/aromatic N) is 1. The molecule has 2 rings (SSSR count). The Kier molecular flexibility index (Phi) is 5.21. The summed E-state index contributed by atoms with van der Waals surface area (Å²) in [5.74, 6) is -0.799. The van der Waals surface area contributed by atoms with Crippen molar-refractivity contribution in [1.29, 1.82) is 0 Å². The van der Waals surface area contributed by atoms with E-state index in [2.05, 4.69) is 5.32 Å². The maximum Gasteiger partial charge on any atom is 0.306 e. The largest absolute Gasteiger partial charge is 0.481 e. The summed E-state index contributed by atoms with van der Waals surface area (Å²) in [5, 5.41) is 12.0. The topological polar surface area (TPSA) is 104 Å². The molecule has 1 amide bonds. The minimum Gasteiger partial charge on any atom is -0.481 e. The first-order valence-corrected chi connectivity index (χ1v) is 9.14. The van der Waals surface area contributed by atoms with Crippen molar-refractivity contribution in [2.24, 2.45) is 5.92 Å². The molecule has 0 unspecified atom stereocenters. The molecule has 2 heterocycles. The van der Waals surface area contributed by atoms with Gasteiger partial charge in [0.2, 0.25) is 5.91 Å². The monoisotopic (exact) mass is 318 g/mol. The number of carbonyl (C=O) groups excluding carboxylic acids is 1. The molecule has 120 valence electrons. The molecule has 2 saturated heterocycles. The number of carboxylic acids is 1. The molecule has 0 atom stereocenters. The van der Waals surface area contributed by atoms with Gasteiger partial charge in [-0.15, -0.1) is 0 Å². The van der Waals surface area contributed by atoms with Crippen molar-refractivity contribution < 1.29 is 23.1 Å². The van der Waals surface area contributed by atoms with Crippen molar-refractivity contribution in [1.82, 2.24) is 10.2 Å². The first kappa shape index (κ1) is 16.2. The second kappa shape index (κ2) is 6.74. The summed E-state index contributed by atoms with van der Waals surface area (Å²) in [5.41, 5.74) is 0. The minimum atomic E-state index is -2.88. The summed E-state index contributed by atoms with van der Waals surface area (Å²) >= 11 is 0. The first-order valence-electron chi connectivity index (χ1n) is 7.32. The van der Waals surface area contributed by atoms with Crippen molar-refractivity contribution in [2.45, 2.75) is 31.7 Å². The van der Waals surface area contributed by atoms with Crippen LogP contribution in [0.4, 0.5) is 0 Å². The molecule has 2 aliphatic rings. The molecule has 0 aromatic heterocycles. The van der Waals surface area contributed by atoms with Crippen LogP contribution in [0.5, 0.6) is 0 Å². The van der Waals surface area contributed by atoms with Crippen molar-refractivity contribution in [2.75, 3.05) is 31.1 Å². The van der Waals surface area contributed by atoms with Gasteiger partial charge in [-0.2, -0.15) is 0 Å². The van der Waals surface area contributed by atoms with E-state index in [1.807, 2.05) is 0 Å². The van der Waals surface area contributed by atoms with Crippen LogP contribution in [0.15, 0.2) is 0 Å². The fourth-order valence-electron chi connectivity index (χ4n) is 2.81. The van der Waals surface area contributed by atoms with Gasteiger partial charge in [-0.05, 0) is 25.7 Å². The molecular weight excluding hydrogens is 296 g/mol. The number of nitrogens with one attached hydrogen (secondary N) is 1. The van der Waals surface area contributed by atoms with E-state index in [0.717, 1.165) is 0 Å². The third kappa shape index (κ3) is 4.67. The molecule has 0 radical (unpaired) electrons. The van der Waals surface area contributed by atoms with Crippen molar-refractivity contribution in [3.8, 4) is 0 Å². The van der Waals surface area contributed by atoms with Gasteiger partial charge in [-0.1, -0.05) is 0 Å². The van der Waals surface area contributed by atoms with Crippen LogP contribution in [0.1, 0.15) is 25.7 Å². The highest BCUT2D eigenvalue weighted by atomic mass is 32.2. The number of amides is 1. The van der Waals surface area contributed by atoms with Gasteiger partial charge in [-0.25, -0.2) is 8.42 Å². The molecule has 2 N–H and O–H groups in total. The van der Waals surface area contributed by atoms with Crippen LogP contribution >= 0.6 is 0 Å². The maximum atomic E-state index is 12.0. The number of hydrogen-bond acceptors (Lipinski definition) is 5. The molecule has 7 nitrogen and oxygen atoms in total. The lowest BCUT2D eigenvalue weighted by atomic mass is 9.97. The van der Waals surface area contributed by atoms with Crippen LogP contribution in [0.2, 0.25) is 0 Å². The molecule has 0 spiro atoms. The van der Waals surface area contributed by atoms with Gasteiger partial charge in [0.05, 0.1) is 24.0 Å². The third-order valence-electron chi connectivity index (χ3n) is 4.29. The van der Waals surface area contributed by atoms with Crippen LogP contribution in [-0.2, 0) is 19.4 Å². The standard InChI is InChI=1S/C13H22N2O5S/c16-12(15-5-1-10(2-6-15)13(17)18)9-14-11-3-7-21(19,20)8-4-11/h10-11,14H,1-9H2,(H,17,18). The number of likely N-dealkylation sites (tertiary alicyclic amines) is 1. The maximum absolute atomic E-state index is 12.0. The molecule has 0 saturated carbocycles. The third-order valence-corrected chi connectivity index (χ3v) is 6.01. The summed E-state index contributed by atoms with van der Waals surface area (Å²) in [6.07, 6.45) is 2.11. The Hall–Kier alpha value is -1.15. The Bertz CT molecular complexity index is 483. The fraction of sp³-hybridized carbons (Fsp3) is 0.846. The van der Waals surface area contributed by atoms with E-state index >= 15 is 0 Å². The predicted octanol–water partition coefficient (Wildman–Crippen LogP) is -0.524. The number of aliphatic carboxylic acids is 1. The van der Waals surface area contributed by atoms with Gasteiger partial charge >= 0.3 is 5.97 Å². The summed E-state index contributed by atoms with van der Waals surface area (Å²) in [7, 11) is -2.88. The Morgan fingerprint density at radius 3 is 2.19 bits per heavy atom. The van der Waals surface area contributed by atoms with Crippen LogP contribution in [0, 0.1) is 5.92 Å². The highest BCUT2D eigenvalue weighted by Gasteiger charge is 2.28. The number of carbonyl (C=O) groups is 2. The highest BCUT2D eigenvalue weighted by molar-refractivity contribution is 7.91. The molecule has 8 heteroatoms. The lowest BCUT2D eigenvalue weighted by Crippen LogP contribution is -2.47. The molecule has 0 bridgehead atoms. The zero-order valence-corrected chi connectivity index (χ0v) is 12.8. The number of piperidine rings is 1. The quantitative estimate of drug-likeness (QED) is 0.722. The fourth-order valence-corrected chi connectivity index (χ4v) is 4.30. The van der Waals surface area contributed by atoms with E-state index in [4.69, 9.17) is 5.11 Å². The number of hydrogen-bond donors (Lipinski definition) is 2. The molecule has 2 aliphatic heterocycles. The zero-order chi connectivity index (χ0) is 15.5. The van der Waals surface area contributed by atoms with Gasteiger partial charge in [0.1, 0.15) is 9.84 Å². The summed E-state index contributed by atoms with van der Waals surface area (Å²) in [4.78, 5) is 24.6. The van der Waals surface area contributed by atoms with Crippen molar-refractivity contribution >= 4 is 21.7 Å². The molecule has 0 aliphatic carbocycles. The number of sulfone groups is 1. The molecular formula is C13H22N2O5S. The van der Waals surface area contributed by atoms with Crippen LogP contribution < -0.4 is 5.32 Å². The average molecular weight is 318 g/mol. The lowest BCUT2D eigenvalue weighted by molar-refractivity contribution is -0.145. The first-order chi connectivity index (χ1) is 9.87. The van der Waals surface area contributed by atoms with Crippen LogP contribution in [0.3, 0.4) is 0 Å². The second-order valence-corrected chi connectivity index (χ2v) is 8.10.